The van der Waals surface area contributed by atoms with Gasteiger partial charge in [0, 0.05) is 12.1 Å². The minimum absolute atomic E-state index is 0.0337. The van der Waals surface area contributed by atoms with Gasteiger partial charge >= 0.3 is 5.97 Å². The molecule has 1 aliphatic carbocycles. The number of aliphatic carboxylic acids is 1. The first-order chi connectivity index (χ1) is 7.50. The van der Waals surface area contributed by atoms with E-state index in [1.807, 2.05) is 0 Å². The zero-order valence-corrected chi connectivity index (χ0v) is 8.85. The number of alkyl halides is 1. The van der Waals surface area contributed by atoms with Gasteiger partial charge in [-0.15, -0.1) is 11.6 Å². The van der Waals surface area contributed by atoms with Gasteiger partial charge in [-0.05, 0) is 17.5 Å². The van der Waals surface area contributed by atoms with Crippen LogP contribution < -0.4 is 0 Å². The average molecular weight is 242 g/mol. The number of hydrogen-bond acceptors (Lipinski definition) is 3. The van der Waals surface area contributed by atoms with E-state index in [2.05, 4.69) is 0 Å². The number of carboxylic acid groups (broad SMARTS) is 1. The summed E-state index contributed by atoms with van der Waals surface area (Å²) >= 11 is 5.98. The maximum absolute atomic E-state index is 10.9. The van der Waals surface area contributed by atoms with Crippen molar-refractivity contribution in [1.82, 2.24) is 0 Å². The summed E-state index contributed by atoms with van der Waals surface area (Å²) in [5.41, 5.74) is 1.30. The van der Waals surface area contributed by atoms with E-state index in [0.717, 1.165) is 0 Å². The van der Waals surface area contributed by atoms with Crippen molar-refractivity contribution in [2.24, 2.45) is 5.92 Å². The molecule has 0 heterocycles. The van der Waals surface area contributed by atoms with Crippen LogP contribution in [-0.4, -0.2) is 16.0 Å². The van der Waals surface area contributed by atoms with E-state index in [1.165, 1.54) is 18.2 Å². The van der Waals surface area contributed by atoms with E-state index >= 15 is 0 Å². The summed E-state index contributed by atoms with van der Waals surface area (Å²) in [4.78, 5) is 20.9. The molecule has 0 spiro atoms. The van der Waals surface area contributed by atoms with Crippen LogP contribution in [0.2, 0.25) is 0 Å². The Morgan fingerprint density at radius 1 is 1.56 bits per heavy atom. The molecular formula is C10H8ClNO4. The van der Waals surface area contributed by atoms with Gasteiger partial charge in [-0.25, -0.2) is 0 Å². The minimum Gasteiger partial charge on any atom is -0.481 e. The highest BCUT2D eigenvalue weighted by molar-refractivity contribution is 6.22. The van der Waals surface area contributed by atoms with Gasteiger partial charge in [-0.2, -0.15) is 0 Å². The second-order valence-corrected chi connectivity index (χ2v) is 4.16. The molecular weight excluding hydrogens is 234 g/mol. The number of non-ortho nitro benzene ring substituents is 1. The van der Waals surface area contributed by atoms with Crippen molar-refractivity contribution in [2.45, 2.75) is 11.8 Å². The van der Waals surface area contributed by atoms with Crippen molar-refractivity contribution in [3.05, 3.63) is 39.4 Å². The van der Waals surface area contributed by atoms with Gasteiger partial charge < -0.3 is 5.11 Å². The van der Waals surface area contributed by atoms with E-state index in [-0.39, 0.29) is 12.1 Å². The fourth-order valence-corrected chi connectivity index (χ4v) is 2.33. The smallest absolute Gasteiger partial charge is 0.308 e. The predicted molar refractivity (Wildman–Crippen MR) is 56.5 cm³/mol. The van der Waals surface area contributed by atoms with Crippen LogP contribution >= 0.6 is 11.6 Å². The number of carbonyl (C=O) groups is 1. The fraction of sp³-hybridized carbons (Fsp3) is 0.300. The molecule has 0 fully saturated rings. The van der Waals surface area contributed by atoms with Crippen molar-refractivity contribution < 1.29 is 14.8 Å². The van der Waals surface area contributed by atoms with Crippen molar-refractivity contribution >= 4 is 23.3 Å². The van der Waals surface area contributed by atoms with E-state index in [9.17, 15) is 14.9 Å². The molecule has 0 amide bonds. The van der Waals surface area contributed by atoms with Crippen LogP contribution in [0.15, 0.2) is 18.2 Å². The second kappa shape index (κ2) is 3.75. The quantitative estimate of drug-likeness (QED) is 0.489. The highest BCUT2D eigenvalue weighted by Gasteiger charge is 2.36. The third-order valence-corrected chi connectivity index (χ3v) is 3.28. The molecule has 0 radical (unpaired) electrons. The Bertz CT molecular complexity index is 474. The number of rotatable bonds is 2. The standard InChI is InChI=1S/C10H8ClNO4/c11-9-7-2-1-6(12(15)16)3-5(7)4-8(9)10(13)14/h1-3,8-9H,4H2,(H,13,14). The SMILES string of the molecule is O=C(O)C1Cc2cc([N+](=O)[O-])ccc2C1Cl. The Labute approximate surface area is 95.8 Å². The summed E-state index contributed by atoms with van der Waals surface area (Å²) in [7, 11) is 0. The molecule has 0 bridgehead atoms. The number of nitrogens with zero attached hydrogens (tertiary/aromatic N) is 1. The van der Waals surface area contributed by atoms with Gasteiger partial charge in [0.15, 0.2) is 0 Å². The normalized spacial score (nSPS) is 22.8. The minimum atomic E-state index is -0.973. The molecule has 1 aromatic rings. The van der Waals surface area contributed by atoms with Crippen LogP contribution in [0, 0.1) is 16.0 Å². The average Bonchev–Trinajstić information content (AvgIpc) is 2.55. The second-order valence-electron chi connectivity index (χ2n) is 3.69. The molecule has 0 saturated heterocycles. The van der Waals surface area contributed by atoms with E-state index < -0.39 is 22.2 Å². The van der Waals surface area contributed by atoms with Gasteiger partial charge in [0.1, 0.15) is 0 Å². The van der Waals surface area contributed by atoms with Crippen molar-refractivity contribution in [2.75, 3.05) is 0 Å². The molecule has 0 saturated carbocycles. The first-order valence-electron chi connectivity index (χ1n) is 4.65. The van der Waals surface area contributed by atoms with Gasteiger partial charge in [0.2, 0.25) is 0 Å². The van der Waals surface area contributed by atoms with Crippen LogP contribution in [0.4, 0.5) is 5.69 Å². The molecule has 2 rings (SSSR count). The zero-order chi connectivity index (χ0) is 11.9. The molecule has 6 heteroatoms. The predicted octanol–water partition coefficient (Wildman–Crippen LogP) is 2.13. The lowest BCUT2D eigenvalue weighted by molar-refractivity contribution is -0.384. The van der Waals surface area contributed by atoms with Gasteiger partial charge in [-0.3, -0.25) is 14.9 Å². The van der Waals surface area contributed by atoms with Gasteiger partial charge in [0.05, 0.1) is 16.2 Å². The summed E-state index contributed by atoms with van der Waals surface area (Å²) in [6.45, 7) is 0. The highest BCUT2D eigenvalue weighted by atomic mass is 35.5. The molecule has 5 nitrogen and oxygen atoms in total. The Balaban J connectivity index is 2.40. The lowest BCUT2D eigenvalue weighted by Crippen LogP contribution is -2.15. The molecule has 16 heavy (non-hydrogen) atoms. The van der Waals surface area contributed by atoms with Gasteiger partial charge in [-0.1, -0.05) is 6.07 Å². The van der Waals surface area contributed by atoms with Crippen molar-refractivity contribution in [3.63, 3.8) is 0 Å². The summed E-state index contributed by atoms with van der Waals surface area (Å²) in [5, 5.41) is 18.9. The Morgan fingerprint density at radius 3 is 2.81 bits per heavy atom. The molecule has 0 aliphatic heterocycles. The van der Waals surface area contributed by atoms with Crippen LogP contribution in [-0.2, 0) is 11.2 Å². The number of carboxylic acids is 1. The number of fused-ring (bicyclic) bond motifs is 1. The number of nitro groups is 1. The number of nitro benzene ring substituents is 1. The number of hydrogen-bond donors (Lipinski definition) is 1. The monoisotopic (exact) mass is 241 g/mol. The number of benzene rings is 1. The molecule has 1 aromatic carbocycles. The first-order valence-corrected chi connectivity index (χ1v) is 5.08. The molecule has 0 aromatic heterocycles. The van der Waals surface area contributed by atoms with E-state index in [1.54, 1.807) is 0 Å². The van der Waals surface area contributed by atoms with Crippen molar-refractivity contribution in [3.8, 4) is 0 Å². The maximum atomic E-state index is 10.9. The lowest BCUT2D eigenvalue weighted by Gasteiger charge is -2.07. The Morgan fingerprint density at radius 2 is 2.25 bits per heavy atom. The summed E-state index contributed by atoms with van der Waals surface area (Å²) in [6, 6.07) is 4.28. The third kappa shape index (κ3) is 1.63. The van der Waals surface area contributed by atoms with Crippen molar-refractivity contribution in [1.29, 1.82) is 0 Å². The lowest BCUT2D eigenvalue weighted by atomic mass is 10.1. The Hall–Kier alpha value is -1.62. The topological polar surface area (TPSA) is 80.4 Å². The molecule has 2 atom stereocenters. The number of halogens is 1. The van der Waals surface area contributed by atoms with Crippen LogP contribution in [0.1, 0.15) is 16.5 Å². The van der Waals surface area contributed by atoms with Gasteiger partial charge in [0.25, 0.3) is 5.69 Å². The zero-order valence-electron chi connectivity index (χ0n) is 8.09. The van der Waals surface area contributed by atoms with E-state index in [0.29, 0.717) is 11.1 Å². The first kappa shape index (κ1) is 10.9. The summed E-state index contributed by atoms with van der Waals surface area (Å²) in [6.07, 6.45) is 0.251. The van der Waals surface area contributed by atoms with E-state index in [4.69, 9.17) is 16.7 Å². The summed E-state index contributed by atoms with van der Waals surface area (Å²) in [5.74, 6) is -1.67. The highest BCUT2D eigenvalue weighted by Crippen LogP contribution is 2.42. The largest absolute Gasteiger partial charge is 0.481 e. The molecule has 84 valence electrons. The van der Waals surface area contributed by atoms with Crippen LogP contribution in [0.25, 0.3) is 0 Å². The maximum Gasteiger partial charge on any atom is 0.308 e. The fourth-order valence-electron chi connectivity index (χ4n) is 1.92. The van der Waals surface area contributed by atoms with Crippen LogP contribution in [0.3, 0.4) is 0 Å². The Kier molecular flexibility index (Phi) is 2.55. The molecule has 1 aliphatic rings. The summed E-state index contributed by atoms with van der Waals surface area (Å²) < 4.78 is 0. The third-order valence-electron chi connectivity index (χ3n) is 2.74. The van der Waals surface area contributed by atoms with Crippen LogP contribution in [0.5, 0.6) is 0 Å². The molecule has 2 unspecified atom stereocenters. The molecule has 1 N–H and O–H groups in total.